The lowest BCUT2D eigenvalue weighted by molar-refractivity contribution is -0.116. The number of carbonyl (C=O) groups is 1. The highest BCUT2D eigenvalue weighted by Crippen LogP contribution is 2.37. The van der Waals surface area contributed by atoms with E-state index < -0.39 is 21.5 Å². The first kappa shape index (κ1) is 22.0. The van der Waals surface area contributed by atoms with Gasteiger partial charge in [-0.25, -0.2) is 13.4 Å². The number of aromatic nitrogens is 1. The van der Waals surface area contributed by atoms with Crippen molar-refractivity contribution in [3.63, 3.8) is 0 Å². The monoisotopic (exact) mass is 466 g/mol. The smallest absolute Gasteiger partial charge is 0.244 e. The zero-order valence-corrected chi connectivity index (χ0v) is 19.3. The number of methoxy groups -OCH3 is 1. The first-order valence-electron chi connectivity index (χ1n) is 9.95. The van der Waals surface area contributed by atoms with E-state index >= 15 is 0 Å². The molecule has 0 N–H and O–H groups in total. The lowest BCUT2D eigenvalue weighted by Crippen LogP contribution is -2.35. The van der Waals surface area contributed by atoms with E-state index in [-0.39, 0.29) is 11.4 Å². The van der Waals surface area contributed by atoms with Crippen LogP contribution in [0.4, 0.5) is 5.13 Å². The van der Waals surface area contributed by atoms with Gasteiger partial charge in [-0.15, -0.1) is 0 Å². The van der Waals surface area contributed by atoms with Crippen molar-refractivity contribution in [2.24, 2.45) is 0 Å². The van der Waals surface area contributed by atoms with Crippen molar-refractivity contribution in [1.82, 2.24) is 4.98 Å². The predicted molar refractivity (Wildman–Crippen MR) is 127 cm³/mol. The van der Waals surface area contributed by atoms with Crippen LogP contribution in [0.5, 0.6) is 5.75 Å². The second-order valence-electron chi connectivity index (χ2n) is 7.30. The van der Waals surface area contributed by atoms with E-state index in [1.807, 2.05) is 49.4 Å². The molecule has 0 aliphatic carbocycles. The fourth-order valence-electron chi connectivity index (χ4n) is 3.36. The molecule has 164 valence electrons. The van der Waals surface area contributed by atoms with Gasteiger partial charge >= 0.3 is 0 Å². The Hall–Kier alpha value is -3.23. The number of amides is 1. The third-order valence-corrected chi connectivity index (χ3v) is 7.87. The van der Waals surface area contributed by atoms with E-state index in [0.717, 1.165) is 15.8 Å². The number of ether oxygens (including phenoxy) is 1. The van der Waals surface area contributed by atoms with Crippen LogP contribution in [-0.4, -0.2) is 32.2 Å². The number of anilines is 1. The number of nitrogens with zero attached hydrogens (tertiary/aromatic N) is 2. The van der Waals surface area contributed by atoms with Crippen LogP contribution in [0.2, 0.25) is 0 Å². The van der Waals surface area contributed by atoms with Gasteiger partial charge in [0, 0.05) is 0 Å². The maximum absolute atomic E-state index is 13.3. The molecule has 3 aromatic carbocycles. The molecule has 4 aromatic rings. The van der Waals surface area contributed by atoms with Gasteiger partial charge in [-0.05, 0) is 36.2 Å². The summed E-state index contributed by atoms with van der Waals surface area (Å²) in [5.41, 5.74) is 2.54. The van der Waals surface area contributed by atoms with Gasteiger partial charge in [0.15, 0.2) is 15.0 Å². The molecule has 0 radical (unpaired) electrons. The topological polar surface area (TPSA) is 76.6 Å². The lowest BCUT2D eigenvalue weighted by Gasteiger charge is -2.20. The SMILES string of the molecule is COc1ccc(C)c2sc(N(Cc3ccccc3)C(=O)CS(=O)(=O)c3ccccc3)nc12. The quantitative estimate of drug-likeness (QED) is 0.397. The number of benzene rings is 3. The van der Waals surface area contributed by atoms with E-state index in [0.29, 0.717) is 16.4 Å². The Kier molecular flexibility index (Phi) is 6.25. The van der Waals surface area contributed by atoms with E-state index in [4.69, 9.17) is 4.74 Å². The van der Waals surface area contributed by atoms with Gasteiger partial charge < -0.3 is 4.74 Å². The van der Waals surface area contributed by atoms with Gasteiger partial charge in [0.25, 0.3) is 0 Å². The largest absolute Gasteiger partial charge is 0.494 e. The lowest BCUT2D eigenvalue weighted by atomic mass is 10.2. The van der Waals surface area contributed by atoms with Crippen molar-refractivity contribution in [3.8, 4) is 5.75 Å². The van der Waals surface area contributed by atoms with Gasteiger partial charge in [0.1, 0.15) is 17.0 Å². The highest BCUT2D eigenvalue weighted by Gasteiger charge is 2.27. The zero-order valence-electron chi connectivity index (χ0n) is 17.7. The van der Waals surface area contributed by atoms with Gasteiger partial charge in [-0.2, -0.15) is 0 Å². The van der Waals surface area contributed by atoms with Crippen molar-refractivity contribution in [3.05, 3.63) is 83.9 Å². The minimum Gasteiger partial charge on any atom is -0.494 e. The Labute approximate surface area is 191 Å². The number of fused-ring (bicyclic) bond motifs is 1. The molecule has 0 bridgehead atoms. The molecule has 6 nitrogen and oxygen atoms in total. The summed E-state index contributed by atoms with van der Waals surface area (Å²) in [7, 11) is -2.22. The number of rotatable bonds is 7. The van der Waals surface area contributed by atoms with Crippen LogP contribution in [-0.2, 0) is 21.2 Å². The maximum atomic E-state index is 13.3. The number of thiazole rings is 1. The summed E-state index contributed by atoms with van der Waals surface area (Å²) >= 11 is 1.35. The van der Waals surface area contributed by atoms with Crippen LogP contribution >= 0.6 is 11.3 Å². The average molecular weight is 467 g/mol. The molecule has 1 heterocycles. The van der Waals surface area contributed by atoms with Crippen molar-refractivity contribution in [2.75, 3.05) is 17.8 Å². The molecule has 8 heteroatoms. The Morgan fingerprint density at radius 2 is 1.66 bits per heavy atom. The fourth-order valence-corrected chi connectivity index (χ4v) is 5.65. The van der Waals surface area contributed by atoms with Crippen LogP contribution in [0.25, 0.3) is 10.2 Å². The predicted octanol–water partition coefficient (Wildman–Crippen LogP) is 4.62. The van der Waals surface area contributed by atoms with E-state index in [2.05, 4.69) is 4.98 Å². The van der Waals surface area contributed by atoms with E-state index in [1.165, 1.54) is 28.4 Å². The first-order valence-corrected chi connectivity index (χ1v) is 12.4. The molecule has 0 spiro atoms. The summed E-state index contributed by atoms with van der Waals surface area (Å²) in [4.78, 5) is 19.6. The second kappa shape index (κ2) is 9.10. The molecule has 0 saturated carbocycles. The van der Waals surface area contributed by atoms with Crippen LogP contribution in [0, 0.1) is 6.92 Å². The highest BCUT2D eigenvalue weighted by molar-refractivity contribution is 7.92. The first-order chi connectivity index (χ1) is 15.4. The summed E-state index contributed by atoms with van der Waals surface area (Å²) < 4.78 is 32.1. The van der Waals surface area contributed by atoms with Crippen molar-refractivity contribution in [1.29, 1.82) is 0 Å². The molecule has 4 rings (SSSR count). The number of aryl methyl sites for hydroxylation is 1. The molecule has 0 aliphatic rings. The molecule has 32 heavy (non-hydrogen) atoms. The van der Waals surface area contributed by atoms with Crippen molar-refractivity contribution in [2.45, 2.75) is 18.4 Å². The molecule has 0 unspecified atom stereocenters. The van der Waals surface area contributed by atoms with Crippen LogP contribution in [0.3, 0.4) is 0 Å². The van der Waals surface area contributed by atoms with Gasteiger partial charge in [0.05, 0.1) is 23.2 Å². The van der Waals surface area contributed by atoms with E-state index in [1.54, 1.807) is 25.3 Å². The molecular weight excluding hydrogens is 444 g/mol. The van der Waals surface area contributed by atoms with Crippen LogP contribution < -0.4 is 9.64 Å². The summed E-state index contributed by atoms with van der Waals surface area (Å²) in [5.74, 6) is -0.568. The highest BCUT2D eigenvalue weighted by atomic mass is 32.2. The minimum atomic E-state index is -3.79. The zero-order chi connectivity index (χ0) is 22.7. The summed E-state index contributed by atoms with van der Waals surface area (Å²) in [6.45, 7) is 2.18. The molecule has 0 aliphatic heterocycles. The third kappa shape index (κ3) is 4.51. The Balaban J connectivity index is 1.75. The summed E-state index contributed by atoms with van der Waals surface area (Å²) in [6, 6.07) is 21.2. The molecule has 0 atom stereocenters. The fraction of sp³-hybridized carbons (Fsp3) is 0.167. The van der Waals surface area contributed by atoms with Gasteiger partial charge in [-0.3, -0.25) is 9.69 Å². The Morgan fingerprint density at radius 3 is 2.31 bits per heavy atom. The molecule has 1 amide bonds. The molecule has 1 aromatic heterocycles. The van der Waals surface area contributed by atoms with E-state index in [9.17, 15) is 13.2 Å². The van der Waals surface area contributed by atoms with Crippen LogP contribution in [0.1, 0.15) is 11.1 Å². The Bertz CT molecular complexity index is 1350. The minimum absolute atomic E-state index is 0.120. The summed E-state index contributed by atoms with van der Waals surface area (Å²) in [5, 5.41) is 0.435. The van der Waals surface area contributed by atoms with Crippen molar-refractivity contribution < 1.29 is 17.9 Å². The molecule has 0 fully saturated rings. The standard InChI is InChI=1S/C24H22N2O4S2/c1-17-13-14-20(30-2)22-23(17)31-24(25-22)26(15-18-9-5-3-6-10-18)21(27)16-32(28,29)19-11-7-4-8-12-19/h3-14H,15-16H2,1-2H3. The van der Waals surface area contributed by atoms with Crippen molar-refractivity contribution >= 4 is 42.4 Å². The third-order valence-electron chi connectivity index (χ3n) is 5.04. The number of hydrogen-bond donors (Lipinski definition) is 0. The van der Waals surface area contributed by atoms with Gasteiger partial charge in [0.2, 0.25) is 5.91 Å². The molecular formula is C24H22N2O4S2. The normalized spacial score (nSPS) is 11.4. The maximum Gasteiger partial charge on any atom is 0.244 e. The molecule has 0 saturated heterocycles. The Morgan fingerprint density at radius 1 is 1.00 bits per heavy atom. The summed E-state index contributed by atoms with van der Waals surface area (Å²) in [6.07, 6.45) is 0. The van der Waals surface area contributed by atoms with Gasteiger partial charge in [-0.1, -0.05) is 65.9 Å². The number of carbonyl (C=O) groups excluding carboxylic acids is 1. The second-order valence-corrected chi connectivity index (χ2v) is 10.3. The van der Waals surface area contributed by atoms with Crippen LogP contribution in [0.15, 0.2) is 77.7 Å². The number of sulfone groups is 1. The number of hydrogen-bond acceptors (Lipinski definition) is 6. The average Bonchev–Trinajstić information content (AvgIpc) is 3.25.